The Morgan fingerprint density at radius 2 is 2.04 bits per heavy atom. The molecule has 0 aliphatic heterocycles. The summed E-state index contributed by atoms with van der Waals surface area (Å²) in [5.41, 5.74) is 1.27. The number of carbonyl (C=O) groups excluding carboxylic acids is 1. The summed E-state index contributed by atoms with van der Waals surface area (Å²) in [6.45, 7) is 3.02. The number of carbonyl (C=O) groups is 1. The topological polar surface area (TPSA) is 83.5 Å². The van der Waals surface area contributed by atoms with Crippen molar-refractivity contribution in [3.63, 3.8) is 0 Å². The summed E-state index contributed by atoms with van der Waals surface area (Å²) in [5, 5.41) is 14.7. The number of anilines is 2. The van der Waals surface area contributed by atoms with E-state index >= 15 is 0 Å². The van der Waals surface area contributed by atoms with Crippen LogP contribution in [0, 0.1) is 0 Å². The van der Waals surface area contributed by atoms with Gasteiger partial charge < -0.3 is 20.5 Å². The van der Waals surface area contributed by atoms with E-state index in [9.17, 15) is 4.79 Å². The molecule has 0 unspecified atom stereocenters. The van der Waals surface area contributed by atoms with Gasteiger partial charge in [0.1, 0.15) is 11.6 Å². The van der Waals surface area contributed by atoms with Gasteiger partial charge in [0, 0.05) is 25.0 Å². The van der Waals surface area contributed by atoms with Crippen LogP contribution in [0.2, 0.25) is 0 Å². The van der Waals surface area contributed by atoms with Gasteiger partial charge >= 0.3 is 0 Å². The number of benzene rings is 1. The van der Waals surface area contributed by atoms with Crippen molar-refractivity contribution >= 4 is 17.4 Å². The first-order chi connectivity index (χ1) is 11.2. The van der Waals surface area contributed by atoms with Gasteiger partial charge in [0.15, 0.2) is 0 Å². The summed E-state index contributed by atoms with van der Waals surface area (Å²) in [6, 6.07) is 10.9. The van der Waals surface area contributed by atoms with Crippen LogP contribution >= 0.6 is 0 Å². The third kappa shape index (κ3) is 4.96. The van der Waals surface area contributed by atoms with Gasteiger partial charge in [-0.05, 0) is 49.7 Å². The molecule has 0 saturated carbocycles. The highest BCUT2D eigenvalue weighted by atomic mass is 16.5. The second-order valence-corrected chi connectivity index (χ2v) is 4.82. The lowest BCUT2D eigenvalue weighted by molar-refractivity contribution is 0.0951. The minimum atomic E-state index is -0.222. The summed E-state index contributed by atoms with van der Waals surface area (Å²) in [7, 11) is 0. The van der Waals surface area contributed by atoms with Crippen LogP contribution in [0.25, 0.3) is 0 Å². The van der Waals surface area contributed by atoms with E-state index in [1.54, 1.807) is 18.3 Å². The predicted octanol–water partition coefficient (Wildman–Crippen LogP) is 2.34. The molecule has 122 valence electrons. The number of hydrogen-bond donors (Lipinski definition) is 3. The maximum atomic E-state index is 12.2. The molecule has 0 aliphatic carbocycles. The Balaban J connectivity index is 2.09. The minimum absolute atomic E-state index is 0.0462. The number of nitrogens with zero attached hydrogens (tertiary/aromatic N) is 1. The average Bonchev–Trinajstić information content (AvgIpc) is 2.57. The van der Waals surface area contributed by atoms with Gasteiger partial charge in [-0.2, -0.15) is 0 Å². The second kappa shape index (κ2) is 8.75. The van der Waals surface area contributed by atoms with E-state index in [-0.39, 0.29) is 12.5 Å². The maximum Gasteiger partial charge on any atom is 0.255 e. The van der Waals surface area contributed by atoms with Crippen LogP contribution in [-0.2, 0) is 0 Å². The van der Waals surface area contributed by atoms with Crippen LogP contribution in [0.4, 0.5) is 11.5 Å². The summed E-state index contributed by atoms with van der Waals surface area (Å²) in [4.78, 5) is 16.4. The summed E-state index contributed by atoms with van der Waals surface area (Å²) in [5.74, 6) is 1.05. The van der Waals surface area contributed by atoms with Gasteiger partial charge in [0.25, 0.3) is 5.91 Å². The van der Waals surface area contributed by atoms with Crippen molar-refractivity contribution in [3.8, 4) is 5.75 Å². The first kappa shape index (κ1) is 16.8. The Kier molecular flexibility index (Phi) is 6.38. The lowest BCUT2D eigenvalue weighted by Gasteiger charge is -2.11. The molecule has 0 atom stereocenters. The molecule has 0 fully saturated rings. The van der Waals surface area contributed by atoms with Crippen molar-refractivity contribution in [2.45, 2.75) is 13.3 Å². The fourth-order valence-electron chi connectivity index (χ4n) is 2.00. The predicted molar refractivity (Wildman–Crippen MR) is 89.2 cm³/mol. The van der Waals surface area contributed by atoms with Gasteiger partial charge in [0.2, 0.25) is 0 Å². The molecule has 1 aromatic heterocycles. The zero-order valence-corrected chi connectivity index (χ0v) is 13.1. The van der Waals surface area contributed by atoms with Crippen LogP contribution in [0.5, 0.6) is 5.75 Å². The van der Waals surface area contributed by atoms with Crippen LogP contribution < -0.4 is 15.4 Å². The van der Waals surface area contributed by atoms with Crippen LogP contribution in [-0.4, -0.2) is 35.8 Å². The van der Waals surface area contributed by atoms with E-state index in [0.29, 0.717) is 31.0 Å². The Morgan fingerprint density at radius 3 is 2.74 bits per heavy atom. The molecule has 0 saturated heterocycles. The number of pyridine rings is 1. The van der Waals surface area contributed by atoms with E-state index < -0.39 is 0 Å². The molecule has 3 N–H and O–H groups in total. The largest absolute Gasteiger partial charge is 0.494 e. The first-order valence-electron chi connectivity index (χ1n) is 7.58. The molecular formula is C17H21N3O3. The highest BCUT2D eigenvalue weighted by Crippen LogP contribution is 2.21. The molecule has 0 spiro atoms. The lowest BCUT2D eigenvalue weighted by atomic mass is 10.2. The number of nitrogens with one attached hydrogen (secondary N) is 2. The fourth-order valence-corrected chi connectivity index (χ4v) is 2.00. The van der Waals surface area contributed by atoms with Crippen molar-refractivity contribution in [3.05, 3.63) is 48.2 Å². The molecule has 0 aliphatic rings. The van der Waals surface area contributed by atoms with Crippen molar-refractivity contribution in [1.29, 1.82) is 0 Å². The normalized spacial score (nSPS) is 10.2. The Morgan fingerprint density at radius 1 is 1.26 bits per heavy atom. The van der Waals surface area contributed by atoms with Crippen molar-refractivity contribution in [2.24, 2.45) is 0 Å². The highest BCUT2D eigenvalue weighted by molar-refractivity contribution is 5.99. The molecule has 0 radical (unpaired) electrons. The van der Waals surface area contributed by atoms with Crippen molar-refractivity contribution < 1.29 is 14.6 Å². The van der Waals surface area contributed by atoms with E-state index in [0.717, 1.165) is 11.4 Å². The molecule has 23 heavy (non-hydrogen) atoms. The molecule has 1 amide bonds. The first-order valence-corrected chi connectivity index (χ1v) is 7.58. The SMILES string of the molecule is CCOc1ccc(Nc2ncccc2C(=O)NCCCO)cc1. The fraction of sp³-hybridized carbons (Fsp3) is 0.294. The van der Waals surface area contributed by atoms with Gasteiger partial charge in [-0.3, -0.25) is 4.79 Å². The van der Waals surface area contributed by atoms with Crippen molar-refractivity contribution in [2.75, 3.05) is 25.1 Å². The monoisotopic (exact) mass is 315 g/mol. The lowest BCUT2D eigenvalue weighted by Crippen LogP contribution is -2.26. The van der Waals surface area contributed by atoms with E-state index in [1.165, 1.54) is 0 Å². The van der Waals surface area contributed by atoms with E-state index in [2.05, 4.69) is 15.6 Å². The van der Waals surface area contributed by atoms with Gasteiger partial charge in [-0.1, -0.05) is 0 Å². The molecule has 0 bridgehead atoms. The summed E-state index contributed by atoms with van der Waals surface area (Å²) >= 11 is 0. The number of aromatic nitrogens is 1. The van der Waals surface area contributed by atoms with Crippen LogP contribution in [0.3, 0.4) is 0 Å². The van der Waals surface area contributed by atoms with Gasteiger partial charge in [-0.25, -0.2) is 4.98 Å². The maximum absolute atomic E-state index is 12.2. The van der Waals surface area contributed by atoms with Gasteiger partial charge in [0.05, 0.1) is 12.2 Å². The van der Waals surface area contributed by atoms with E-state index in [1.807, 2.05) is 31.2 Å². The molecule has 1 aromatic carbocycles. The number of ether oxygens (including phenoxy) is 1. The third-order valence-corrected chi connectivity index (χ3v) is 3.10. The highest BCUT2D eigenvalue weighted by Gasteiger charge is 2.11. The standard InChI is InChI=1S/C17H21N3O3/c1-2-23-14-8-6-13(7-9-14)20-16-15(5-3-10-18-16)17(22)19-11-4-12-21/h3,5-10,21H,2,4,11-12H2,1H3,(H,18,20)(H,19,22). The molecular weight excluding hydrogens is 294 g/mol. The average molecular weight is 315 g/mol. The molecule has 1 heterocycles. The number of hydrogen-bond acceptors (Lipinski definition) is 5. The minimum Gasteiger partial charge on any atom is -0.494 e. The third-order valence-electron chi connectivity index (χ3n) is 3.10. The van der Waals surface area contributed by atoms with E-state index in [4.69, 9.17) is 9.84 Å². The molecule has 6 nitrogen and oxygen atoms in total. The Hall–Kier alpha value is -2.60. The second-order valence-electron chi connectivity index (χ2n) is 4.82. The van der Waals surface area contributed by atoms with Crippen LogP contribution in [0.1, 0.15) is 23.7 Å². The molecule has 2 aromatic rings. The smallest absolute Gasteiger partial charge is 0.255 e. The Labute approximate surface area is 135 Å². The number of aliphatic hydroxyl groups is 1. The summed E-state index contributed by atoms with van der Waals surface area (Å²) in [6.07, 6.45) is 2.15. The number of aliphatic hydroxyl groups excluding tert-OH is 1. The van der Waals surface area contributed by atoms with Gasteiger partial charge in [-0.15, -0.1) is 0 Å². The number of rotatable bonds is 8. The van der Waals surface area contributed by atoms with Crippen LogP contribution in [0.15, 0.2) is 42.6 Å². The zero-order valence-electron chi connectivity index (χ0n) is 13.1. The molecule has 2 rings (SSSR count). The zero-order chi connectivity index (χ0) is 16.5. The summed E-state index contributed by atoms with van der Waals surface area (Å²) < 4.78 is 5.40. The quantitative estimate of drug-likeness (QED) is 0.651. The van der Waals surface area contributed by atoms with Crippen molar-refractivity contribution in [1.82, 2.24) is 10.3 Å². The number of amides is 1. The Bertz CT molecular complexity index is 629. The molecule has 6 heteroatoms.